The van der Waals surface area contributed by atoms with Crippen molar-refractivity contribution in [3.8, 4) is 17.0 Å². The van der Waals surface area contributed by atoms with Crippen molar-refractivity contribution in [3.63, 3.8) is 0 Å². The number of nitrogens with zero attached hydrogens (tertiary/aromatic N) is 3. The molecule has 2 atom stereocenters. The Kier molecular flexibility index (Phi) is 4.94. The monoisotopic (exact) mass is 463 g/mol. The van der Waals surface area contributed by atoms with Crippen LogP contribution in [0.25, 0.3) is 11.3 Å². The standard InChI is InChI=1S/C22H17ClF3N3OS/c1-30-15-7-9-16-13(10-15)4-8-17-19(16)29(28-20(17)22(24,25)26)21-27-18(11-31-21)12-2-5-14(23)6-3-12/h2-3,5-7,9-11,17,19H,4,8H2,1H3/t17-,19-/m0/s1. The van der Waals surface area contributed by atoms with E-state index in [0.717, 1.165) is 16.7 Å². The number of hydrazone groups is 1. The van der Waals surface area contributed by atoms with Gasteiger partial charge in [0.2, 0.25) is 5.13 Å². The first-order valence-electron chi connectivity index (χ1n) is 9.68. The van der Waals surface area contributed by atoms with Crippen LogP contribution in [-0.2, 0) is 6.42 Å². The van der Waals surface area contributed by atoms with Gasteiger partial charge in [-0.15, -0.1) is 11.3 Å². The van der Waals surface area contributed by atoms with Crippen molar-refractivity contribution in [2.75, 3.05) is 12.1 Å². The third-order valence-electron chi connectivity index (χ3n) is 5.72. The number of anilines is 1. The normalized spacial score (nSPS) is 20.3. The van der Waals surface area contributed by atoms with Gasteiger partial charge >= 0.3 is 6.18 Å². The lowest BCUT2D eigenvalue weighted by Gasteiger charge is -2.33. The summed E-state index contributed by atoms with van der Waals surface area (Å²) in [5.41, 5.74) is 2.61. The molecule has 0 saturated heterocycles. The number of alkyl halides is 3. The number of aromatic nitrogens is 1. The number of hydrogen-bond donors (Lipinski definition) is 0. The van der Waals surface area contributed by atoms with Gasteiger partial charge in [0.1, 0.15) is 11.5 Å². The summed E-state index contributed by atoms with van der Waals surface area (Å²) in [6.45, 7) is 0. The van der Waals surface area contributed by atoms with Crippen LogP contribution in [0.3, 0.4) is 0 Å². The van der Waals surface area contributed by atoms with Crippen LogP contribution in [0.4, 0.5) is 18.3 Å². The maximum atomic E-state index is 13.8. The van der Waals surface area contributed by atoms with E-state index in [4.69, 9.17) is 16.3 Å². The van der Waals surface area contributed by atoms with Gasteiger partial charge in [0.15, 0.2) is 0 Å². The molecule has 1 aliphatic heterocycles. The second kappa shape index (κ2) is 7.53. The number of benzene rings is 2. The van der Waals surface area contributed by atoms with Crippen molar-refractivity contribution in [2.24, 2.45) is 11.0 Å². The quantitative estimate of drug-likeness (QED) is 0.444. The lowest BCUT2D eigenvalue weighted by atomic mass is 9.78. The van der Waals surface area contributed by atoms with E-state index in [1.165, 1.54) is 16.3 Å². The summed E-state index contributed by atoms with van der Waals surface area (Å²) >= 11 is 7.23. The van der Waals surface area contributed by atoms with E-state index in [2.05, 4.69) is 10.1 Å². The highest BCUT2D eigenvalue weighted by Crippen LogP contribution is 2.49. The Bertz CT molecular complexity index is 1160. The Morgan fingerprint density at radius 3 is 2.65 bits per heavy atom. The molecule has 2 heterocycles. The van der Waals surface area contributed by atoms with Gasteiger partial charge in [-0.2, -0.15) is 18.3 Å². The minimum atomic E-state index is -4.49. The van der Waals surface area contributed by atoms with Gasteiger partial charge in [0.25, 0.3) is 0 Å². The van der Waals surface area contributed by atoms with Crippen LogP contribution >= 0.6 is 22.9 Å². The number of aryl methyl sites for hydroxylation is 1. The number of methoxy groups -OCH3 is 1. The topological polar surface area (TPSA) is 37.7 Å². The van der Waals surface area contributed by atoms with Crippen LogP contribution < -0.4 is 9.75 Å². The van der Waals surface area contributed by atoms with Crippen LogP contribution in [0.2, 0.25) is 5.02 Å². The molecular weight excluding hydrogens is 447 g/mol. The Balaban J connectivity index is 1.57. The first-order chi connectivity index (χ1) is 14.8. The molecule has 3 aromatic rings. The number of rotatable bonds is 3. The van der Waals surface area contributed by atoms with E-state index in [-0.39, 0.29) is 0 Å². The summed E-state index contributed by atoms with van der Waals surface area (Å²) in [5.74, 6) is -0.0400. The summed E-state index contributed by atoms with van der Waals surface area (Å²) in [7, 11) is 1.58. The fourth-order valence-corrected chi connectivity index (χ4v) is 5.24. The molecule has 0 bridgehead atoms. The third kappa shape index (κ3) is 3.57. The molecule has 2 aliphatic rings. The Morgan fingerprint density at radius 1 is 1.16 bits per heavy atom. The average Bonchev–Trinajstić information content (AvgIpc) is 3.38. The molecule has 2 aromatic carbocycles. The van der Waals surface area contributed by atoms with Gasteiger partial charge < -0.3 is 4.74 Å². The molecule has 9 heteroatoms. The minimum absolute atomic E-state index is 0.370. The van der Waals surface area contributed by atoms with Crippen molar-refractivity contribution in [3.05, 3.63) is 64.0 Å². The molecular formula is C22H17ClF3N3OS. The largest absolute Gasteiger partial charge is 0.497 e. The zero-order valence-electron chi connectivity index (χ0n) is 16.4. The average molecular weight is 464 g/mol. The summed E-state index contributed by atoms with van der Waals surface area (Å²) in [6.07, 6.45) is -3.57. The molecule has 1 aliphatic carbocycles. The second-order valence-electron chi connectivity index (χ2n) is 7.50. The molecule has 1 aromatic heterocycles. The number of halogens is 4. The second-order valence-corrected chi connectivity index (χ2v) is 8.78. The number of thiazole rings is 1. The van der Waals surface area contributed by atoms with Crippen LogP contribution in [0.5, 0.6) is 5.75 Å². The van der Waals surface area contributed by atoms with E-state index in [0.29, 0.717) is 34.4 Å². The molecule has 0 radical (unpaired) electrons. The van der Waals surface area contributed by atoms with E-state index < -0.39 is 23.8 Å². The highest BCUT2D eigenvalue weighted by Gasteiger charge is 2.52. The zero-order chi connectivity index (χ0) is 21.8. The van der Waals surface area contributed by atoms with E-state index in [1.807, 2.05) is 29.6 Å². The Morgan fingerprint density at radius 2 is 1.94 bits per heavy atom. The van der Waals surface area contributed by atoms with Crippen LogP contribution in [0.15, 0.2) is 52.9 Å². The Hall–Kier alpha value is -2.58. The van der Waals surface area contributed by atoms with Gasteiger partial charge in [0.05, 0.1) is 18.8 Å². The molecule has 0 saturated carbocycles. The molecule has 0 unspecified atom stereocenters. The van der Waals surface area contributed by atoms with Gasteiger partial charge in [-0.1, -0.05) is 29.8 Å². The molecule has 0 N–H and O–H groups in total. The Labute approximate surface area is 185 Å². The van der Waals surface area contributed by atoms with Gasteiger partial charge in [-0.3, -0.25) is 0 Å². The first kappa shape index (κ1) is 20.3. The maximum absolute atomic E-state index is 13.8. The molecule has 31 heavy (non-hydrogen) atoms. The van der Waals surface area contributed by atoms with Crippen LogP contribution in [0.1, 0.15) is 23.6 Å². The molecule has 160 valence electrons. The first-order valence-corrected chi connectivity index (χ1v) is 10.9. The fourth-order valence-electron chi connectivity index (χ4n) is 4.29. The number of ether oxygens (including phenoxy) is 1. The number of fused-ring (bicyclic) bond motifs is 3. The lowest BCUT2D eigenvalue weighted by molar-refractivity contribution is -0.0626. The van der Waals surface area contributed by atoms with E-state index >= 15 is 0 Å². The van der Waals surface area contributed by atoms with E-state index in [1.54, 1.807) is 25.3 Å². The molecule has 0 fully saturated rings. The minimum Gasteiger partial charge on any atom is -0.497 e. The third-order valence-corrected chi connectivity index (χ3v) is 6.81. The van der Waals surface area contributed by atoms with Gasteiger partial charge in [-0.05, 0) is 48.2 Å². The van der Waals surface area contributed by atoms with Crippen LogP contribution in [0, 0.1) is 5.92 Å². The molecule has 4 nitrogen and oxygen atoms in total. The fraction of sp³-hybridized carbons (Fsp3) is 0.273. The van der Waals surface area contributed by atoms with Crippen molar-refractivity contribution < 1.29 is 17.9 Å². The smallest absolute Gasteiger partial charge is 0.431 e. The van der Waals surface area contributed by atoms with Crippen molar-refractivity contribution in [2.45, 2.75) is 25.1 Å². The highest BCUT2D eigenvalue weighted by atomic mass is 35.5. The van der Waals surface area contributed by atoms with Crippen molar-refractivity contribution >= 4 is 33.8 Å². The lowest BCUT2D eigenvalue weighted by Crippen LogP contribution is -2.35. The predicted molar refractivity (Wildman–Crippen MR) is 116 cm³/mol. The van der Waals surface area contributed by atoms with Crippen molar-refractivity contribution in [1.82, 2.24) is 4.98 Å². The highest BCUT2D eigenvalue weighted by molar-refractivity contribution is 7.14. The maximum Gasteiger partial charge on any atom is 0.431 e. The number of hydrogen-bond acceptors (Lipinski definition) is 5. The van der Waals surface area contributed by atoms with Gasteiger partial charge in [0, 0.05) is 21.9 Å². The zero-order valence-corrected chi connectivity index (χ0v) is 17.9. The van der Waals surface area contributed by atoms with Crippen LogP contribution in [-0.4, -0.2) is 24.0 Å². The summed E-state index contributed by atoms with van der Waals surface area (Å²) in [6, 6.07) is 12.2. The van der Waals surface area contributed by atoms with E-state index in [9.17, 15) is 13.2 Å². The summed E-state index contributed by atoms with van der Waals surface area (Å²) in [4.78, 5) is 4.61. The molecule has 0 spiro atoms. The molecule has 5 rings (SSSR count). The van der Waals surface area contributed by atoms with Gasteiger partial charge in [-0.25, -0.2) is 9.99 Å². The summed E-state index contributed by atoms with van der Waals surface area (Å²) in [5, 5.41) is 8.37. The predicted octanol–water partition coefficient (Wildman–Crippen LogP) is 6.51. The molecule has 0 amide bonds. The SMILES string of the molecule is COc1ccc2c(c1)CC[C@@H]1C(C(F)(F)F)=NN(c3nc(-c4ccc(Cl)cc4)cs3)[C@@H]21. The summed E-state index contributed by atoms with van der Waals surface area (Å²) < 4.78 is 46.7. The van der Waals surface area contributed by atoms with Crippen molar-refractivity contribution in [1.29, 1.82) is 0 Å².